The summed E-state index contributed by atoms with van der Waals surface area (Å²) in [7, 11) is 4.72. The third kappa shape index (κ3) is 4.90. The first-order valence-corrected chi connectivity index (χ1v) is 10.6. The van der Waals surface area contributed by atoms with Crippen molar-refractivity contribution in [3.63, 3.8) is 0 Å². The minimum atomic E-state index is -0.132. The molecule has 0 aliphatic carbocycles. The van der Waals surface area contributed by atoms with E-state index in [1.54, 1.807) is 21.3 Å². The van der Waals surface area contributed by atoms with Crippen LogP contribution in [0.15, 0.2) is 83.7 Å². The van der Waals surface area contributed by atoms with E-state index in [0.717, 1.165) is 22.4 Å². The Morgan fingerprint density at radius 1 is 0.758 bits per heavy atom. The van der Waals surface area contributed by atoms with E-state index in [1.165, 1.54) is 4.68 Å². The summed E-state index contributed by atoms with van der Waals surface area (Å²) in [6.45, 7) is 0.391. The van der Waals surface area contributed by atoms with Gasteiger partial charge in [0.05, 0.1) is 33.6 Å². The van der Waals surface area contributed by atoms with Gasteiger partial charge in [-0.25, -0.2) is 4.68 Å². The molecule has 0 saturated carbocycles. The highest BCUT2D eigenvalue weighted by atomic mass is 16.5. The second-order valence-electron chi connectivity index (χ2n) is 7.58. The molecule has 0 fully saturated rings. The lowest BCUT2D eigenvalue weighted by Crippen LogP contribution is -2.27. The summed E-state index contributed by atoms with van der Waals surface area (Å²) in [4.78, 5) is 13.4. The Kier molecular flexibility index (Phi) is 6.74. The lowest BCUT2D eigenvalue weighted by molar-refractivity contribution is 0.324. The van der Waals surface area contributed by atoms with Gasteiger partial charge in [0.15, 0.2) is 11.5 Å². The lowest BCUT2D eigenvalue weighted by Gasteiger charge is -2.15. The third-order valence-corrected chi connectivity index (χ3v) is 5.41. The molecular weight excluding hydrogens is 416 g/mol. The Labute approximate surface area is 193 Å². The molecule has 0 saturated heterocycles. The van der Waals surface area contributed by atoms with E-state index < -0.39 is 0 Å². The van der Waals surface area contributed by atoms with E-state index in [-0.39, 0.29) is 5.56 Å². The van der Waals surface area contributed by atoms with Gasteiger partial charge >= 0.3 is 0 Å². The molecule has 33 heavy (non-hydrogen) atoms. The molecule has 0 amide bonds. The highest BCUT2D eigenvalue weighted by Crippen LogP contribution is 2.38. The first-order chi connectivity index (χ1) is 16.1. The number of rotatable bonds is 8. The fraction of sp³-hybridized carbons (Fsp3) is 0.185. The summed E-state index contributed by atoms with van der Waals surface area (Å²) >= 11 is 0. The van der Waals surface area contributed by atoms with E-state index in [9.17, 15) is 4.79 Å². The van der Waals surface area contributed by atoms with Crippen LogP contribution in [0.4, 0.5) is 0 Å². The Balaban J connectivity index is 1.81. The molecule has 0 N–H and O–H groups in total. The van der Waals surface area contributed by atoms with Gasteiger partial charge in [-0.1, -0.05) is 60.7 Å². The van der Waals surface area contributed by atoms with Gasteiger partial charge < -0.3 is 14.2 Å². The topological polar surface area (TPSA) is 62.6 Å². The van der Waals surface area contributed by atoms with Crippen molar-refractivity contribution in [3.8, 4) is 28.5 Å². The summed E-state index contributed by atoms with van der Waals surface area (Å²) < 4.78 is 17.9. The molecule has 0 spiro atoms. The maximum atomic E-state index is 13.4. The predicted octanol–water partition coefficient (Wildman–Crippen LogP) is 4.58. The molecule has 4 aromatic rings. The minimum Gasteiger partial charge on any atom is -0.493 e. The number of benzene rings is 3. The van der Waals surface area contributed by atoms with Crippen LogP contribution in [0.5, 0.6) is 17.2 Å². The largest absolute Gasteiger partial charge is 0.493 e. The van der Waals surface area contributed by atoms with Crippen molar-refractivity contribution in [2.45, 2.75) is 13.0 Å². The second kappa shape index (κ2) is 10.0. The summed E-state index contributed by atoms with van der Waals surface area (Å²) in [5.74, 6) is 1.62. The van der Waals surface area contributed by atoms with E-state index in [1.807, 2.05) is 78.9 Å². The third-order valence-electron chi connectivity index (χ3n) is 5.41. The SMILES string of the molecule is COc1cc(Cc2cc(-c3ccccc3)nn(Cc3ccccc3)c2=O)cc(OC)c1OC. The molecule has 4 rings (SSSR count). The first-order valence-electron chi connectivity index (χ1n) is 10.6. The minimum absolute atomic E-state index is 0.132. The fourth-order valence-corrected chi connectivity index (χ4v) is 3.79. The number of aromatic nitrogens is 2. The van der Waals surface area contributed by atoms with Gasteiger partial charge in [0, 0.05) is 17.5 Å². The van der Waals surface area contributed by atoms with Gasteiger partial charge in [-0.3, -0.25) is 4.79 Å². The molecule has 0 unspecified atom stereocenters. The van der Waals surface area contributed by atoms with Gasteiger partial charge in [-0.2, -0.15) is 5.10 Å². The van der Waals surface area contributed by atoms with Crippen LogP contribution in [-0.4, -0.2) is 31.1 Å². The molecule has 0 aliphatic rings. The van der Waals surface area contributed by atoms with Gasteiger partial charge in [-0.15, -0.1) is 0 Å². The maximum absolute atomic E-state index is 13.4. The smallest absolute Gasteiger partial charge is 0.270 e. The Hall–Kier alpha value is -4.06. The summed E-state index contributed by atoms with van der Waals surface area (Å²) in [5.41, 5.74) is 4.08. The number of hydrogen-bond donors (Lipinski definition) is 0. The Morgan fingerprint density at radius 3 is 1.94 bits per heavy atom. The maximum Gasteiger partial charge on any atom is 0.270 e. The first kappa shape index (κ1) is 22.1. The van der Waals surface area contributed by atoms with Gasteiger partial charge in [0.25, 0.3) is 5.56 Å². The van der Waals surface area contributed by atoms with Crippen molar-refractivity contribution in [1.29, 1.82) is 0 Å². The molecule has 6 heteroatoms. The molecule has 0 bridgehead atoms. The van der Waals surface area contributed by atoms with Crippen LogP contribution in [-0.2, 0) is 13.0 Å². The van der Waals surface area contributed by atoms with Crippen LogP contribution in [0.2, 0.25) is 0 Å². The molecule has 3 aromatic carbocycles. The zero-order valence-corrected chi connectivity index (χ0v) is 18.9. The summed E-state index contributed by atoms with van der Waals surface area (Å²) in [6, 6.07) is 25.3. The zero-order valence-electron chi connectivity index (χ0n) is 18.9. The van der Waals surface area contributed by atoms with Crippen LogP contribution in [0.1, 0.15) is 16.7 Å². The van der Waals surface area contributed by atoms with Crippen LogP contribution in [0.3, 0.4) is 0 Å². The van der Waals surface area contributed by atoms with E-state index in [2.05, 4.69) is 5.10 Å². The average Bonchev–Trinajstić information content (AvgIpc) is 2.86. The normalized spacial score (nSPS) is 10.6. The fourth-order valence-electron chi connectivity index (χ4n) is 3.79. The molecule has 0 atom stereocenters. The zero-order chi connectivity index (χ0) is 23.2. The number of methoxy groups -OCH3 is 3. The van der Waals surface area contributed by atoms with Gasteiger partial charge in [0.1, 0.15) is 0 Å². The van der Waals surface area contributed by atoms with Gasteiger partial charge in [0.2, 0.25) is 5.75 Å². The highest BCUT2D eigenvalue weighted by molar-refractivity contribution is 5.59. The van der Waals surface area contributed by atoms with Crippen molar-refractivity contribution >= 4 is 0 Å². The molecule has 1 aromatic heterocycles. The molecule has 0 radical (unpaired) electrons. The van der Waals surface area contributed by atoms with Crippen molar-refractivity contribution in [2.75, 3.05) is 21.3 Å². The van der Waals surface area contributed by atoms with Crippen molar-refractivity contribution in [2.24, 2.45) is 0 Å². The summed E-state index contributed by atoms with van der Waals surface area (Å²) in [6.07, 6.45) is 0.396. The Morgan fingerprint density at radius 2 is 1.36 bits per heavy atom. The van der Waals surface area contributed by atoms with E-state index in [4.69, 9.17) is 14.2 Å². The van der Waals surface area contributed by atoms with E-state index >= 15 is 0 Å². The molecular formula is C27H26N2O4. The van der Waals surface area contributed by atoms with Crippen LogP contribution >= 0.6 is 0 Å². The molecule has 6 nitrogen and oxygen atoms in total. The predicted molar refractivity (Wildman–Crippen MR) is 128 cm³/mol. The highest BCUT2D eigenvalue weighted by Gasteiger charge is 2.16. The number of hydrogen-bond acceptors (Lipinski definition) is 5. The van der Waals surface area contributed by atoms with Crippen LogP contribution < -0.4 is 19.8 Å². The second-order valence-corrected chi connectivity index (χ2v) is 7.58. The molecule has 1 heterocycles. The molecule has 168 valence electrons. The van der Waals surface area contributed by atoms with Gasteiger partial charge in [-0.05, 0) is 29.3 Å². The van der Waals surface area contributed by atoms with Crippen LogP contribution in [0, 0.1) is 0 Å². The van der Waals surface area contributed by atoms with Crippen LogP contribution in [0.25, 0.3) is 11.3 Å². The monoisotopic (exact) mass is 442 g/mol. The van der Waals surface area contributed by atoms with Crippen molar-refractivity contribution in [1.82, 2.24) is 9.78 Å². The average molecular weight is 443 g/mol. The van der Waals surface area contributed by atoms with Crippen molar-refractivity contribution < 1.29 is 14.2 Å². The van der Waals surface area contributed by atoms with E-state index in [0.29, 0.717) is 35.8 Å². The Bertz CT molecular complexity index is 1260. The lowest BCUT2D eigenvalue weighted by atomic mass is 10.0. The molecule has 0 aliphatic heterocycles. The quantitative estimate of drug-likeness (QED) is 0.400. The standard InChI is InChI=1S/C27H26N2O4/c1-31-24-15-20(16-25(32-2)26(24)33-3)14-22-17-23(21-12-8-5-9-13-21)28-29(27(22)30)18-19-10-6-4-7-11-19/h4-13,15-17H,14,18H2,1-3H3. The number of nitrogens with zero attached hydrogens (tertiary/aromatic N) is 2. The summed E-state index contributed by atoms with van der Waals surface area (Å²) in [5, 5.41) is 4.67. The number of ether oxygens (including phenoxy) is 3. The van der Waals surface area contributed by atoms with Crippen molar-refractivity contribution in [3.05, 3.63) is 106 Å².